The molecule has 1 atom stereocenters. The van der Waals surface area contributed by atoms with E-state index < -0.39 is 0 Å². The summed E-state index contributed by atoms with van der Waals surface area (Å²) >= 11 is 5.85. The zero-order valence-corrected chi connectivity index (χ0v) is 12.0. The first-order chi connectivity index (χ1) is 10.1. The molecule has 0 saturated carbocycles. The highest BCUT2D eigenvalue weighted by atomic mass is 35.5. The molecule has 1 unspecified atom stereocenters. The lowest BCUT2D eigenvalue weighted by Gasteiger charge is -2.26. The van der Waals surface area contributed by atoms with E-state index in [-0.39, 0.29) is 22.7 Å². The molecule has 4 nitrogen and oxygen atoms in total. The normalized spacial score (nSPS) is 17.1. The minimum Gasteiger partial charge on any atom is -0.506 e. The summed E-state index contributed by atoms with van der Waals surface area (Å²) < 4.78 is 0. The van der Waals surface area contributed by atoms with E-state index in [1.165, 1.54) is 17.7 Å². The van der Waals surface area contributed by atoms with Gasteiger partial charge in [0.05, 0.1) is 5.02 Å². The third kappa shape index (κ3) is 2.86. The number of fused-ring (bicyclic) bond motifs is 1. The van der Waals surface area contributed by atoms with Crippen LogP contribution in [0.25, 0.3) is 0 Å². The maximum absolute atomic E-state index is 12.4. The summed E-state index contributed by atoms with van der Waals surface area (Å²) in [7, 11) is 0. The van der Waals surface area contributed by atoms with Crippen molar-refractivity contribution in [1.29, 1.82) is 0 Å². The van der Waals surface area contributed by atoms with E-state index in [2.05, 4.69) is 10.6 Å². The van der Waals surface area contributed by atoms with Crippen LogP contribution >= 0.6 is 11.6 Å². The molecule has 21 heavy (non-hydrogen) atoms. The number of anilines is 1. The van der Waals surface area contributed by atoms with Crippen LogP contribution in [0.3, 0.4) is 0 Å². The summed E-state index contributed by atoms with van der Waals surface area (Å²) in [6, 6.07) is 12.2. The number of phenols is 1. The van der Waals surface area contributed by atoms with E-state index in [9.17, 15) is 9.90 Å². The Morgan fingerprint density at radius 2 is 2.10 bits per heavy atom. The van der Waals surface area contributed by atoms with Crippen molar-refractivity contribution < 1.29 is 9.90 Å². The topological polar surface area (TPSA) is 61.4 Å². The maximum atomic E-state index is 12.4. The average Bonchev–Trinajstić information content (AvgIpc) is 2.50. The predicted octanol–water partition coefficient (Wildman–Crippen LogP) is 2.87. The number of hydrogen-bond acceptors (Lipinski definition) is 3. The van der Waals surface area contributed by atoms with Gasteiger partial charge in [0, 0.05) is 12.2 Å². The molecule has 0 aromatic heterocycles. The highest BCUT2D eigenvalue weighted by Gasteiger charge is 2.25. The second kappa shape index (κ2) is 5.76. The van der Waals surface area contributed by atoms with Gasteiger partial charge in [0.1, 0.15) is 11.8 Å². The summed E-state index contributed by atoms with van der Waals surface area (Å²) in [5.41, 5.74) is 2.76. The van der Waals surface area contributed by atoms with Crippen molar-refractivity contribution in [2.45, 2.75) is 12.5 Å². The van der Waals surface area contributed by atoms with Crippen molar-refractivity contribution in [3.05, 3.63) is 58.6 Å². The molecule has 0 bridgehead atoms. The largest absolute Gasteiger partial charge is 0.506 e. The van der Waals surface area contributed by atoms with Crippen LogP contribution in [0, 0.1) is 0 Å². The van der Waals surface area contributed by atoms with Crippen LogP contribution in [-0.2, 0) is 11.2 Å². The molecule has 2 aromatic carbocycles. The van der Waals surface area contributed by atoms with E-state index in [1.54, 1.807) is 6.07 Å². The fourth-order valence-corrected chi connectivity index (χ4v) is 2.72. The van der Waals surface area contributed by atoms with Crippen LogP contribution in [0.4, 0.5) is 5.69 Å². The Morgan fingerprint density at radius 1 is 1.29 bits per heavy atom. The predicted molar refractivity (Wildman–Crippen MR) is 82.6 cm³/mol. The molecule has 5 heteroatoms. The molecule has 108 valence electrons. The summed E-state index contributed by atoms with van der Waals surface area (Å²) in [5, 5.41) is 15.7. The molecule has 3 rings (SSSR count). The molecule has 0 spiro atoms. The van der Waals surface area contributed by atoms with Gasteiger partial charge in [-0.1, -0.05) is 35.9 Å². The summed E-state index contributed by atoms with van der Waals surface area (Å²) in [6.45, 7) is 0.769. The summed E-state index contributed by atoms with van der Waals surface area (Å²) in [4.78, 5) is 12.4. The molecular weight excluding hydrogens is 288 g/mol. The van der Waals surface area contributed by atoms with Gasteiger partial charge in [-0.25, -0.2) is 0 Å². The quantitative estimate of drug-likeness (QED) is 0.748. The number of hydrogen-bond donors (Lipinski definition) is 3. The van der Waals surface area contributed by atoms with Crippen LogP contribution in [0.5, 0.6) is 5.75 Å². The fraction of sp³-hybridized carbons (Fsp3) is 0.188. The second-order valence-corrected chi connectivity index (χ2v) is 5.40. The van der Waals surface area contributed by atoms with Crippen LogP contribution in [0.15, 0.2) is 42.5 Å². The second-order valence-electron chi connectivity index (χ2n) is 4.99. The van der Waals surface area contributed by atoms with Crippen LogP contribution in [0.1, 0.15) is 17.2 Å². The van der Waals surface area contributed by atoms with Gasteiger partial charge in [-0.05, 0) is 35.7 Å². The van der Waals surface area contributed by atoms with E-state index >= 15 is 0 Å². The molecule has 0 aliphatic carbocycles. The minimum atomic E-state index is -0.373. The van der Waals surface area contributed by atoms with E-state index in [1.807, 2.05) is 24.3 Å². The van der Waals surface area contributed by atoms with Crippen molar-refractivity contribution in [3.8, 4) is 5.75 Å². The lowest BCUT2D eigenvalue weighted by atomic mass is 9.94. The molecule has 0 radical (unpaired) electrons. The highest BCUT2D eigenvalue weighted by molar-refractivity contribution is 6.32. The fourth-order valence-electron chi connectivity index (χ4n) is 2.54. The molecular formula is C16H15ClN2O2. The number of halogens is 1. The molecule has 3 N–H and O–H groups in total. The summed E-state index contributed by atoms with van der Waals surface area (Å²) in [6.07, 6.45) is 0.922. The molecule has 0 fully saturated rings. The Labute approximate surface area is 127 Å². The molecule has 1 aliphatic rings. The van der Waals surface area contributed by atoms with Gasteiger partial charge in [-0.3, -0.25) is 4.79 Å². The summed E-state index contributed by atoms with van der Waals surface area (Å²) in [5.74, 6) is -0.139. The van der Waals surface area contributed by atoms with Gasteiger partial charge in [0.25, 0.3) is 0 Å². The average molecular weight is 303 g/mol. The van der Waals surface area contributed by atoms with Gasteiger partial charge in [-0.2, -0.15) is 0 Å². The van der Waals surface area contributed by atoms with Gasteiger partial charge >= 0.3 is 0 Å². The molecule has 0 saturated heterocycles. The smallest absolute Gasteiger partial charge is 0.246 e. The number of rotatable bonds is 2. The molecule has 2 aromatic rings. The van der Waals surface area contributed by atoms with Crippen LogP contribution in [0.2, 0.25) is 5.02 Å². The standard InChI is InChI=1S/C16H15ClN2O2/c17-13-9-11(5-6-14(13)20)19-16(21)15-12-4-2-1-3-10(12)7-8-18-15/h1-6,9,15,18,20H,7-8H2,(H,19,21). The number of nitrogens with one attached hydrogen (secondary N) is 2. The van der Waals surface area contributed by atoms with E-state index in [0.717, 1.165) is 18.5 Å². The minimum absolute atomic E-state index is 0.00389. The lowest BCUT2D eigenvalue weighted by molar-refractivity contribution is -0.118. The third-order valence-corrected chi connectivity index (χ3v) is 3.89. The van der Waals surface area contributed by atoms with Crippen molar-refractivity contribution in [3.63, 3.8) is 0 Å². The maximum Gasteiger partial charge on any atom is 0.246 e. The Morgan fingerprint density at radius 3 is 2.90 bits per heavy atom. The zero-order valence-electron chi connectivity index (χ0n) is 11.3. The third-order valence-electron chi connectivity index (χ3n) is 3.59. The number of carbonyl (C=O) groups is 1. The molecule has 1 amide bonds. The number of benzene rings is 2. The first kappa shape index (κ1) is 13.9. The first-order valence-electron chi connectivity index (χ1n) is 6.76. The van der Waals surface area contributed by atoms with Crippen molar-refractivity contribution in [2.24, 2.45) is 0 Å². The SMILES string of the molecule is O=C(Nc1ccc(O)c(Cl)c1)C1NCCc2ccccc21. The van der Waals surface area contributed by atoms with Gasteiger partial charge in [0.2, 0.25) is 5.91 Å². The van der Waals surface area contributed by atoms with Crippen molar-refractivity contribution >= 4 is 23.2 Å². The molecule has 1 heterocycles. The Bertz CT molecular complexity index is 688. The zero-order chi connectivity index (χ0) is 14.8. The number of aromatic hydroxyl groups is 1. The van der Waals surface area contributed by atoms with Gasteiger partial charge in [0.15, 0.2) is 0 Å². The van der Waals surface area contributed by atoms with Gasteiger partial charge in [-0.15, -0.1) is 0 Å². The number of carbonyl (C=O) groups excluding carboxylic acids is 1. The van der Waals surface area contributed by atoms with Crippen LogP contribution in [-0.4, -0.2) is 17.6 Å². The van der Waals surface area contributed by atoms with Crippen molar-refractivity contribution in [1.82, 2.24) is 5.32 Å². The lowest BCUT2D eigenvalue weighted by Crippen LogP contribution is -2.38. The first-order valence-corrected chi connectivity index (χ1v) is 7.13. The highest BCUT2D eigenvalue weighted by Crippen LogP contribution is 2.28. The van der Waals surface area contributed by atoms with E-state index in [4.69, 9.17) is 11.6 Å². The monoisotopic (exact) mass is 302 g/mol. The number of phenolic OH excluding ortho intramolecular Hbond substituents is 1. The Hall–Kier alpha value is -2.04. The Balaban J connectivity index is 1.81. The van der Waals surface area contributed by atoms with E-state index in [0.29, 0.717) is 5.69 Å². The van der Waals surface area contributed by atoms with Crippen LogP contribution < -0.4 is 10.6 Å². The Kier molecular flexibility index (Phi) is 3.82. The van der Waals surface area contributed by atoms with Crippen molar-refractivity contribution in [2.75, 3.05) is 11.9 Å². The van der Waals surface area contributed by atoms with Gasteiger partial charge < -0.3 is 15.7 Å². The molecule has 1 aliphatic heterocycles. The number of amides is 1.